The Morgan fingerprint density at radius 2 is 1.85 bits per heavy atom. The molecule has 0 bridgehead atoms. The van der Waals surface area contributed by atoms with Gasteiger partial charge in [0, 0.05) is 38.0 Å². The highest BCUT2D eigenvalue weighted by Gasteiger charge is 2.34. The van der Waals surface area contributed by atoms with Crippen LogP contribution in [0.15, 0.2) is 47.5 Å². The van der Waals surface area contributed by atoms with Gasteiger partial charge >= 0.3 is 0 Å². The summed E-state index contributed by atoms with van der Waals surface area (Å²) in [6.07, 6.45) is 2.72. The number of anilines is 1. The molecule has 1 aliphatic heterocycles. The molecular weight excluding hydrogens is 422 g/mol. The Morgan fingerprint density at radius 1 is 1.18 bits per heavy atom. The third-order valence-electron chi connectivity index (χ3n) is 6.14. The molecule has 1 aromatic carbocycles. The van der Waals surface area contributed by atoms with E-state index in [9.17, 15) is 19.5 Å². The number of likely N-dealkylation sites (tertiary alicyclic amines) is 1. The quantitative estimate of drug-likeness (QED) is 0.525. The molecule has 2 aromatic rings. The zero-order valence-electron chi connectivity index (χ0n) is 19.2. The van der Waals surface area contributed by atoms with Crippen LogP contribution in [0.3, 0.4) is 0 Å². The molecule has 0 saturated carbocycles. The second kappa shape index (κ2) is 10.6. The van der Waals surface area contributed by atoms with Gasteiger partial charge in [-0.2, -0.15) is 0 Å². The fourth-order valence-electron chi connectivity index (χ4n) is 4.17. The van der Waals surface area contributed by atoms with Crippen LogP contribution >= 0.6 is 0 Å². The summed E-state index contributed by atoms with van der Waals surface area (Å²) in [6, 6.07) is 11.0. The number of benzene rings is 1. The van der Waals surface area contributed by atoms with Crippen LogP contribution in [0.25, 0.3) is 0 Å². The molecule has 1 saturated heterocycles. The Hall–Kier alpha value is -3.20. The minimum atomic E-state index is -1.08. The van der Waals surface area contributed by atoms with Crippen LogP contribution in [-0.4, -0.2) is 56.1 Å². The summed E-state index contributed by atoms with van der Waals surface area (Å²) in [5, 5.41) is 14.0. The van der Waals surface area contributed by atoms with E-state index < -0.39 is 11.5 Å². The zero-order valence-corrected chi connectivity index (χ0v) is 19.2. The number of hydrogen-bond donors (Lipinski definition) is 3. The molecule has 1 fully saturated rings. The maximum Gasteiger partial charge on any atom is 0.255 e. The molecular formula is C24H33N5O4. The normalized spacial score (nSPS) is 17.2. The fraction of sp³-hybridized carbons (Fsp3) is 0.500. The van der Waals surface area contributed by atoms with E-state index in [0.29, 0.717) is 38.2 Å². The first-order chi connectivity index (χ1) is 15.6. The minimum absolute atomic E-state index is 0.0766. The van der Waals surface area contributed by atoms with Gasteiger partial charge in [0.05, 0.1) is 18.5 Å². The van der Waals surface area contributed by atoms with Crippen LogP contribution in [0.5, 0.6) is 0 Å². The van der Waals surface area contributed by atoms with Crippen molar-refractivity contribution in [3.05, 3.63) is 58.6 Å². The summed E-state index contributed by atoms with van der Waals surface area (Å²) in [5.74, 6) is 0.115. The number of nitrogens with one attached hydrogen (secondary N) is 1. The summed E-state index contributed by atoms with van der Waals surface area (Å²) >= 11 is 0. The lowest BCUT2D eigenvalue weighted by Crippen LogP contribution is -2.49. The van der Waals surface area contributed by atoms with Crippen molar-refractivity contribution in [2.24, 2.45) is 5.73 Å². The van der Waals surface area contributed by atoms with E-state index in [-0.39, 0.29) is 36.4 Å². The number of hydrogen-bond acceptors (Lipinski definition) is 6. The van der Waals surface area contributed by atoms with Crippen LogP contribution in [0, 0.1) is 0 Å². The van der Waals surface area contributed by atoms with Crippen LogP contribution in [0.1, 0.15) is 51.0 Å². The summed E-state index contributed by atoms with van der Waals surface area (Å²) in [7, 11) is 0. The molecule has 9 heteroatoms. The van der Waals surface area contributed by atoms with Gasteiger partial charge in [0.15, 0.2) is 0 Å². The molecule has 2 amide bonds. The molecule has 1 aliphatic rings. The molecule has 1 aromatic heterocycles. The first-order valence-electron chi connectivity index (χ1n) is 11.3. The average Bonchev–Trinajstić information content (AvgIpc) is 2.76. The maximum atomic E-state index is 12.7. The van der Waals surface area contributed by atoms with E-state index in [0.717, 1.165) is 5.56 Å². The molecule has 2 heterocycles. The molecule has 0 aliphatic carbocycles. The topological polar surface area (TPSA) is 131 Å². The standard InChI is InChI=1S/C24H33N5O4/c1-17(19-6-4-3-5-7-19)12-22(31)28-10-8-24(33,9-11-28)15-29-16-26-21(14-23(29)32)27-18(2)13-20(25)30/h3-7,14,16-18,27,33H,8-13,15H2,1-2H3,(H2,25,30). The predicted octanol–water partition coefficient (Wildman–Crippen LogP) is 1.47. The largest absolute Gasteiger partial charge is 0.388 e. The number of rotatable bonds is 9. The zero-order chi connectivity index (χ0) is 24.0. The van der Waals surface area contributed by atoms with Gasteiger partial charge in [-0.1, -0.05) is 37.3 Å². The Bertz CT molecular complexity index is 1020. The Morgan fingerprint density at radius 3 is 2.45 bits per heavy atom. The number of nitrogens with zero attached hydrogens (tertiary/aromatic N) is 3. The van der Waals surface area contributed by atoms with E-state index in [1.807, 2.05) is 37.3 Å². The lowest BCUT2D eigenvalue weighted by molar-refractivity contribution is -0.136. The van der Waals surface area contributed by atoms with Crippen molar-refractivity contribution in [2.75, 3.05) is 18.4 Å². The van der Waals surface area contributed by atoms with Gasteiger partial charge in [0.2, 0.25) is 11.8 Å². The second-order valence-corrected chi connectivity index (χ2v) is 9.08. The van der Waals surface area contributed by atoms with Crippen molar-refractivity contribution in [3.8, 4) is 0 Å². The highest BCUT2D eigenvalue weighted by atomic mass is 16.3. The van der Waals surface area contributed by atoms with E-state index in [2.05, 4.69) is 10.3 Å². The molecule has 2 unspecified atom stereocenters. The predicted molar refractivity (Wildman–Crippen MR) is 126 cm³/mol. The highest BCUT2D eigenvalue weighted by Crippen LogP contribution is 2.26. The molecule has 2 atom stereocenters. The van der Waals surface area contributed by atoms with Gasteiger partial charge < -0.3 is 21.1 Å². The molecule has 4 N–H and O–H groups in total. The van der Waals surface area contributed by atoms with Crippen molar-refractivity contribution >= 4 is 17.6 Å². The third kappa shape index (κ3) is 6.89. The third-order valence-corrected chi connectivity index (χ3v) is 6.14. The highest BCUT2D eigenvalue weighted by molar-refractivity contribution is 5.77. The molecule has 0 radical (unpaired) electrons. The van der Waals surface area contributed by atoms with Crippen LogP contribution in [-0.2, 0) is 16.1 Å². The lowest BCUT2D eigenvalue weighted by Gasteiger charge is -2.38. The molecule has 178 valence electrons. The Balaban J connectivity index is 1.53. The van der Waals surface area contributed by atoms with Gasteiger partial charge in [-0.15, -0.1) is 0 Å². The number of nitrogens with two attached hydrogens (primary N) is 1. The molecule has 3 rings (SSSR count). The lowest BCUT2D eigenvalue weighted by atomic mass is 9.90. The van der Waals surface area contributed by atoms with E-state index in [1.165, 1.54) is 17.0 Å². The number of amides is 2. The van der Waals surface area contributed by atoms with E-state index in [1.54, 1.807) is 11.8 Å². The van der Waals surface area contributed by atoms with Crippen molar-refractivity contribution < 1.29 is 14.7 Å². The number of primary amides is 1. The van der Waals surface area contributed by atoms with Gasteiger partial charge in [-0.3, -0.25) is 19.0 Å². The number of carbonyl (C=O) groups is 2. The van der Waals surface area contributed by atoms with Gasteiger partial charge in [-0.05, 0) is 31.2 Å². The summed E-state index contributed by atoms with van der Waals surface area (Å²) in [4.78, 5) is 42.3. The molecule has 0 spiro atoms. The van der Waals surface area contributed by atoms with Crippen molar-refractivity contribution in [3.63, 3.8) is 0 Å². The number of carbonyl (C=O) groups excluding carboxylic acids is 2. The fourth-order valence-corrected chi connectivity index (χ4v) is 4.17. The van der Waals surface area contributed by atoms with Gasteiger partial charge in [0.1, 0.15) is 5.82 Å². The first-order valence-corrected chi connectivity index (χ1v) is 11.3. The maximum absolute atomic E-state index is 12.7. The average molecular weight is 456 g/mol. The smallest absolute Gasteiger partial charge is 0.255 e. The van der Waals surface area contributed by atoms with Gasteiger partial charge in [0.25, 0.3) is 5.56 Å². The first kappa shape index (κ1) is 24.4. The monoisotopic (exact) mass is 455 g/mol. The van der Waals surface area contributed by atoms with E-state index in [4.69, 9.17) is 5.73 Å². The number of aliphatic hydroxyl groups is 1. The Kier molecular flexibility index (Phi) is 7.86. The summed E-state index contributed by atoms with van der Waals surface area (Å²) < 4.78 is 1.37. The Labute approximate surface area is 193 Å². The van der Waals surface area contributed by atoms with Crippen molar-refractivity contribution in [2.45, 2.75) is 63.6 Å². The number of aromatic nitrogens is 2. The number of piperidine rings is 1. The molecule has 33 heavy (non-hydrogen) atoms. The minimum Gasteiger partial charge on any atom is -0.388 e. The van der Waals surface area contributed by atoms with Gasteiger partial charge in [-0.25, -0.2) is 4.98 Å². The summed E-state index contributed by atoms with van der Waals surface area (Å²) in [5.41, 5.74) is 4.93. The van der Waals surface area contributed by atoms with Crippen LogP contribution in [0.2, 0.25) is 0 Å². The second-order valence-electron chi connectivity index (χ2n) is 9.08. The van der Waals surface area contributed by atoms with E-state index >= 15 is 0 Å². The van der Waals surface area contributed by atoms with Crippen LogP contribution in [0.4, 0.5) is 5.82 Å². The van der Waals surface area contributed by atoms with Crippen LogP contribution < -0.4 is 16.6 Å². The SMILES string of the molecule is CC(CC(N)=O)Nc1cc(=O)n(CC2(O)CCN(C(=O)CC(C)c3ccccc3)CC2)cn1. The van der Waals surface area contributed by atoms with Crippen molar-refractivity contribution in [1.29, 1.82) is 0 Å². The summed E-state index contributed by atoms with van der Waals surface area (Å²) in [6.45, 7) is 4.82. The molecule has 9 nitrogen and oxygen atoms in total. The van der Waals surface area contributed by atoms with Crippen molar-refractivity contribution in [1.82, 2.24) is 14.5 Å².